The Bertz CT molecular complexity index is 804. The van der Waals surface area contributed by atoms with Crippen LogP contribution in [-0.4, -0.2) is 44.9 Å². The van der Waals surface area contributed by atoms with Gasteiger partial charge in [-0.05, 0) is 31.5 Å². The topological polar surface area (TPSA) is 83.4 Å². The molecule has 1 aromatic carbocycles. The third-order valence-corrected chi connectivity index (χ3v) is 4.31. The molecule has 0 radical (unpaired) electrons. The van der Waals surface area contributed by atoms with Gasteiger partial charge in [0.15, 0.2) is 0 Å². The molecule has 1 aromatic heterocycles. The Morgan fingerprint density at radius 2 is 2.04 bits per heavy atom. The molecule has 6 heteroatoms. The lowest BCUT2D eigenvalue weighted by Crippen LogP contribution is -2.25. The van der Waals surface area contributed by atoms with Crippen LogP contribution < -0.4 is 0 Å². The van der Waals surface area contributed by atoms with Crippen LogP contribution in [0, 0.1) is 6.92 Å². The van der Waals surface area contributed by atoms with Gasteiger partial charge < -0.3 is 10.0 Å². The first-order valence-electron chi connectivity index (χ1n) is 7.89. The van der Waals surface area contributed by atoms with Gasteiger partial charge in [-0.25, -0.2) is 14.8 Å². The first-order valence-corrected chi connectivity index (χ1v) is 7.89. The number of aromatic nitrogens is 2. The highest BCUT2D eigenvalue weighted by Gasteiger charge is 2.27. The fraction of sp³-hybridized carbons (Fsp3) is 0.333. The van der Waals surface area contributed by atoms with Crippen molar-refractivity contribution in [1.29, 1.82) is 0 Å². The van der Waals surface area contributed by atoms with Crippen molar-refractivity contribution in [2.45, 2.75) is 26.2 Å². The molecule has 1 aliphatic rings. The van der Waals surface area contributed by atoms with E-state index in [0.717, 1.165) is 24.2 Å². The SMILES string of the molecule is CC(=O)N1CCC(c2cc(-c3cccc(C(=O)O)c3)nc(C)n2)C1. The molecule has 3 rings (SSSR count). The van der Waals surface area contributed by atoms with E-state index in [-0.39, 0.29) is 17.4 Å². The minimum absolute atomic E-state index is 0.0812. The summed E-state index contributed by atoms with van der Waals surface area (Å²) in [6.07, 6.45) is 0.880. The highest BCUT2D eigenvalue weighted by Crippen LogP contribution is 2.28. The highest BCUT2D eigenvalue weighted by atomic mass is 16.4. The zero-order valence-electron chi connectivity index (χ0n) is 13.7. The number of carbonyl (C=O) groups excluding carboxylic acids is 1. The number of aryl methyl sites for hydroxylation is 1. The summed E-state index contributed by atoms with van der Waals surface area (Å²) in [5.74, 6) is -0.0464. The lowest BCUT2D eigenvalue weighted by Gasteiger charge is -2.14. The molecule has 124 valence electrons. The third-order valence-electron chi connectivity index (χ3n) is 4.31. The zero-order valence-corrected chi connectivity index (χ0v) is 13.7. The van der Waals surface area contributed by atoms with Crippen LogP contribution in [-0.2, 0) is 4.79 Å². The number of benzene rings is 1. The average molecular weight is 325 g/mol. The van der Waals surface area contributed by atoms with Crippen molar-refractivity contribution in [3.8, 4) is 11.3 Å². The molecule has 1 aliphatic heterocycles. The Balaban J connectivity index is 1.94. The molecule has 1 atom stereocenters. The minimum atomic E-state index is -0.962. The molecule has 1 unspecified atom stereocenters. The van der Waals surface area contributed by atoms with Crippen molar-refractivity contribution < 1.29 is 14.7 Å². The zero-order chi connectivity index (χ0) is 17.3. The summed E-state index contributed by atoms with van der Waals surface area (Å²) in [5, 5.41) is 9.15. The second-order valence-electron chi connectivity index (χ2n) is 6.06. The van der Waals surface area contributed by atoms with Crippen LogP contribution >= 0.6 is 0 Å². The van der Waals surface area contributed by atoms with E-state index in [1.165, 1.54) is 0 Å². The summed E-state index contributed by atoms with van der Waals surface area (Å²) in [4.78, 5) is 33.5. The van der Waals surface area contributed by atoms with E-state index in [4.69, 9.17) is 5.11 Å². The van der Waals surface area contributed by atoms with Crippen molar-refractivity contribution >= 4 is 11.9 Å². The maximum absolute atomic E-state index is 11.5. The number of hydrogen-bond acceptors (Lipinski definition) is 4. The number of carboxylic acid groups (broad SMARTS) is 1. The van der Waals surface area contributed by atoms with Gasteiger partial charge in [0.05, 0.1) is 11.3 Å². The molecule has 1 fully saturated rings. The van der Waals surface area contributed by atoms with E-state index >= 15 is 0 Å². The van der Waals surface area contributed by atoms with Crippen LogP contribution in [0.3, 0.4) is 0 Å². The maximum Gasteiger partial charge on any atom is 0.335 e. The van der Waals surface area contributed by atoms with Gasteiger partial charge in [-0.1, -0.05) is 12.1 Å². The van der Waals surface area contributed by atoms with Crippen molar-refractivity contribution in [3.05, 3.63) is 47.4 Å². The van der Waals surface area contributed by atoms with Crippen molar-refractivity contribution in [3.63, 3.8) is 0 Å². The number of hydrogen-bond donors (Lipinski definition) is 1. The van der Waals surface area contributed by atoms with Gasteiger partial charge in [0.2, 0.25) is 5.91 Å². The smallest absolute Gasteiger partial charge is 0.335 e. The Kier molecular flexibility index (Phi) is 4.29. The standard InChI is InChI=1S/C18H19N3O3/c1-11-19-16(13-4-3-5-14(8-13)18(23)24)9-17(20-11)15-6-7-21(10-15)12(2)22/h3-5,8-9,15H,6-7,10H2,1-2H3,(H,23,24). The molecule has 2 heterocycles. The summed E-state index contributed by atoms with van der Waals surface area (Å²) in [6, 6.07) is 8.63. The molecule has 0 aliphatic carbocycles. The number of likely N-dealkylation sites (tertiary alicyclic amines) is 1. The first-order chi connectivity index (χ1) is 11.4. The molecular formula is C18H19N3O3. The molecule has 1 amide bonds. The molecule has 1 saturated heterocycles. The second kappa shape index (κ2) is 6.39. The summed E-state index contributed by atoms with van der Waals surface area (Å²) < 4.78 is 0. The van der Waals surface area contributed by atoms with Crippen LogP contribution in [0.15, 0.2) is 30.3 Å². The largest absolute Gasteiger partial charge is 0.478 e. The normalized spacial score (nSPS) is 17.1. The van der Waals surface area contributed by atoms with E-state index in [0.29, 0.717) is 18.1 Å². The molecule has 24 heavy (non-hydrogen) atoms. The summed E-state index contributed by atoms with van der Waals surface area (Å²) in [5.41, 5.74) is 2.60. The predicted molar refractivity (Wildman–Crippen MR) is 88.8 cm³/mol. The van der Waals surface area contributed by atoms with Crippen molar-refractivity contribution in [2.75, 3.05) is 13.1 Å². The molecule has 2 aromatic rings. The fourth-order valence-corrected chi connectivity index (χ4v) is 3.05. The molecular weight excluding hydrogens is 306 g/mol. The van der Waals surface area contributed by atoms with E-state index in [1.807, 2.05) is 24.0 Å². The first kappa shape index (κ1) is 16.1. The van der Waals surface area contributed by atoms with Crippen LogP contribution in [0.5, 0.6) is 0 Å². The molecule has 0 spiro atoms. The number of rotatable bonds is 3. The molecule has 0 bridgehead atoms. The number of carboxylic acids is 1. The minimum Gasteiger partial charge on any atom is -0.478 e. The van der Waals surface area contributed by atoms with Gasteiger partial charge in [-0.3, -0.25) is 4.79 Å². The average Bonchev–Trinajstić information content (AvgIpc) is 3.05. The van der Waals surface area contributed by atoms with Crippen LogP contribution in [0.25, 0.3) is 11.3 Å². The van der Waals surface area contributed by atoms with Crippen LogP contribution in [0.2, 0.25) is 0 Å². The fourth-order valence-electron chi connectivity index (χ4n) is 3.05. The van der Waals surface area contributed by atoms with E-state index in [2.05, 4.69) is 9.97 Å². The molecule has 6 nitrogen and oxygen atoms in total. The highest BCUT2D eigenvalue weighted by molar-refractivity contribution is 5.89. The van der Waals surface area contributed by atoms with Crippen molar-refractivity contribution in [2.24, 2.45) is 0 Å². The van der Waals surface area contributed by atoms with Gasteiger partial charge in [0.25, 0.3) is 0 Å². The Morgan fingerprint density at radius 3 is 2.71 bits per heavy atom. The van der Waals surface area contributed by atoms with Crippen molar-refractivity contribution in [1.82, 2.24) is 14.9 Å². The van der Waals surface area contributed by atoms with Gasteiger partial charge in [0.1, 0.15) is 5.82 Å². The summed E-state index contributed by atoms with van der Waals surface area (Å²) in [6.45, 7) is 4.81. The van der Waals surface area contributed by atoms with E-state index in [9.17, 15) is 9.59 Å². The number of nitrogens with zero attached hydrogens (tertiary/aromatic N) is 3. The lowest BCUT2D eigenvalue weighted by atomic mass is 10.0. The molecule has 1 N–H and O–H groups in total. The Hall–Kier alpha value is -2.76. The third kappa shape index (κ3) is 3.27. The Morgan fingerprint density at radius 1 is 1.25 bits per heavy atom. The van der Waals surface area contributed by atoms with Gasteiger partial charge >= 0.3 is 5.97 Å². The lowest BCUT2D eigenvalue weighted by molar-refractivity contribution is -0.127. The van der Waals surface area contributed by atoms with Crippen LogP contribution in [0.4, 0.5) is 0 Å². The summed E-state index contributed by atoms with van der Waals surface area (Å²) >= 11 is 0. The van der Waals surface area contributed by atoms with Gasteiger partial charge in [-0.15, -0.1) is 0 Å². The monoisotopic (exact) mass is 325 g/mol. The second-order valence-corrected chi connectivity index (χ2v) is 6.06. The van der Waals surface area contributed by atoms with Gasteiger partial charge in [-0.2, -0.15) is 0 Å². The quantitative estimate of drug-likeness (QED) is 0.937. The maximum atomic E-state index is 11.5. The van der Waals surface area contributed by atoms with E-state index < -0.39 is 5.97 Å². The summed E-state index contributed by atoms with van der Waals surface area (Å²) in [7, 11) is 0. The van der Waals surface area contributed by atoms with Gasteiger partial charge in [0, 0.05) is 37.2 Å². The Labute approximate surface area is 140 Å². The number of amides is 1. The van der Waals surface area contributed by atoms with Crippen LogP contribution in [0.1, 0.15) is 41.1 Å². The predicted octanol–water partition coefficient (Wildman–Crippen LogP) is 2.49. The van der Waals surface area contributed by atoms with E-state index in [1.54, 1.807) is 25.1 Å². The number of aromatic carboxylic acids is 1. The number of carbonyl (C=O) groups is 2. The molecule has 0 saturated carbocycles.